The number of hydrogen-bond donors (Lipinski definition) is 2. The predicted octanol–water partition coefficient (Wildman–Crippen LogP) is 3.69. The third-order valence-electron chi connectivity index (χ3n) is 4.89. The number of rotatable bonds is 4. The molecule has 0 radical (unpaired) electrons. The molecular formula is C20H25ClN4O5. The van der Waals surface area contributed by atoms with E-state index in [0.717, 1.165) is 0 Å². The molecule has 1 aliphatic rings. The van der Waals surface area contributed by atoms with E-state index in [0.29, 0.717) is 40.8 Å². The molecule has 4 N–H and O–H groups in total. The number of methoxy groups -OCH3 is 1. The van der Waals surface area contributed by atoms with Crippen molar-refractivity contribution < 1.29 is 23.9 Å². The molecule has 1 aromatic heterocycles. The van der Waals surface area contributed by atoms with E-state index in [9.17, 15) is 9.59 Å². The molecule has 30 heavy (non-hydrogen) atoms. The standard InChI is InChI=1S/C20H25ClN4O5/c1-20(2,3)16-14-15(29-18(22)26)13(11-5-7-12(28-4)8-6-11)17(21)24(14)9-10-25(16)30-19(23)27/h5-8,16H,9-10H2,1-4H3,(H2,22,26)(H2,23,27). The second-order valence-electron chi connectivity index (χ2n) is 8.00. The number of hydroxylamine groups is 2. The highest BCUT2D eigenvalue weighted by molar-refractivity contribution is 6.33. The topological polar surface area (TPSA) is 122 Å². The van der Waals surface area contributed by atoms with Crippen LogP contribution in [0.15, 0.2) is 24.3 Å². The van der Waals surface area contributed by atoms with E-state index >= 15 is 0 Å². The summed E-state index contributed by atoms with van der Waals surface area (Å²) in [7, 11) is 1.57. The van der Waals surface area contributed by atoms with E-state index in [1.54, 1.807) is 19.2 Å². The molecule has 2 amide bonds. The fourth-order valence-corrected chi connectivity index (χ4v) is 4.18. The lowest BCUT2D eigenvalue weighted by atomic mass is 9.83. The third-order valence-corrected chi connectivity index (χ3v) is 5.29. The van der Waals surface area contributed by atoms with E-state index in [4.69, 9.17) is 37.4 Å². The molecule has 10 heteroatoms. The normalized spacial score (nSPS) is 16.6. The maximum absolute atomic E-state index is 11.8. The number of carbonyl (C=O) groups is 2. The van der Waals surface area contributed by atoms with Crippen molar-refractivity contribution >= 4 is 23.8 Å². The molecule has 9 nitrogen and oxygen atoms in total. The number of ether oxygens (including phenoxy) is 2. The van der Waals surface area contributed by atoms with Crippen molar-refractivity contribution in [2.24, 2.45) is 16.9 Å². The molecule has 1 aliphatic heterocycles. The summed E-state index contributed by atoms with van der Waals surface area (Å²) in [6, 6.07) is 6.67. The molecule has 1 aromatic carbocycles. The number of primary amides is 2. The molecular weight excluding hydrogens is 412 g/mol. The Kier molecular flexibility index (Phi) is 5.87. The number of halogens is 1. The Hall–Kier alpha value is -2.91. The highest BCUT2D eigenvalue weighted by Crippen LogP contribution is 2.51. The molecule has 0 spiro atoms. The Morgan fingerprint density at radius 2 is 1.73 bits per heavy atom. The SMILES string of the molecule is COc1ccc(-c2c(OC(N)=O)c3n(c2Cl)CCN(OC(N)=O)C3C(C)(C)C)cc1. The second-order valence-corrected chi connectivity index (χ2v) is 8.36. The lowest BCUT2D eigenvalue weighted by molar-refractivity contribution is -0.168. The summed E-state index contributed by atoms with van der Waals surface area (Å²) in [5, 5.41) is 1.87. The molecule has 2 heterocycles. The zero-order valence-corrected chi connectivity index (χ0v) is 18.0. The first kappa shape index (κ1) is 21.8. The third kappa shape index (κ3) is 4.03. The lowest BCUT2D eigenvalue weighted by Crippen LogP contribution is -2.45. The van der Waals surface area contributed by atoms with E-state index in [1.165, 1.54) is 5.06 Å². The Morgan fingerprint density at radius 3 is 2.23 bits per heavy atom. The zero-order valence-electron chi connectivity index (χ0n) is 17.3. The van der Waals surface area contributed by atoms with Crippen LogP contribution in [0, 0.1) is 5.41 Å². The molecule has 0 saturated heterocycles. The molecule has 1 atom stereocenters. The van der Waals surface area contributed by atoms with Gasteiger partial charge in [-0.05, 0) is 23.1 Å². The molecule has 1 unspecified atom stereocenters. The Balaban J connectivity index is 2.26. The van der Waals surface area contributed by atoms with Gasteiger partial charge in [-0.15, -0.1) is 5.06 Å². The summed E-state index contributed by atoms with van der Waals surface area (Å²) in [4.78, 5) is 28.5. The van der Waals surface area contributed by atoms with Crippen LogP contribution in [-0.2, 0) is 11.4 Å². The van der Waals surface area contributed by atoms with E-state index in [-0.39, 0.29) is 5.75 Å². The second kappa shape index (κ2) is 8.08. The van der Waals surface area contributed by atoms with Crippen LogP contribution in [0.5, 0.6) is 11.5 Å². The van der Waals surface area contributed by atoms with Crippen LogP contribution >= 0.6 is 11.6 Å². The average Bonchev–Trinajstić information content (AvgIpc) is 2.91. The van der Waals surface area contributed by atoms with Crippen LogP contribution in [0.1, 0.15) is 32.5 Å². The summed E-state index contributed by atoms with van der Waals surface area (Å²) in [5.41, 5.74) is 12.0. The van der Waals surface area contributed by atoms with E-state index < -0.39 is 23.6 Å². The first-order chi connectivity index (χ1) is 14.0. The number of hydrogen-bond acceptors (Lipinski definition) is 6. The quantitative estimate of drug-likeness (QED) is 0.753. The zero-order chi connectivity index (χ0) is 22.2. The van der Waals surface area contributed by atoms with Crippen LogP contribution in [-0.4, -0.2) is 35.5 Å². The van der Waals surface area contributed by atoms with Crippen LogP contribution in [0.2, 0.25) is 5.15 Å². The Bertz CT molecular complexity index is 965. The van der Waals surface area contributed by atoms with Gasteiger partial charge in [0, 0.05) is 6.54 Å². The maximum atomic E-state index is 11.8. The number of carbonyl (C=O) groups excluding carboxylic acids is 2. The summed E-state index contributed by atoms with van der Waals surface area (Å²) in [5.74, 6) is 0.889. The van der Waals surface area contributed by atoms with Crippen molar-refractivity contribution in [3.63, 3.8) is 0 Å². The average molecular weight is 437 g/mol. The monoisotopic (exact) mass is 436 g/mol. The molecule has 0 saturated carbocycles. The fourth-order valence-electron chi connectivity index (χ4n) is 3.81. The Morgan fingerprint density at radius 1 is 1.10 bits per heavy atom. The molecule has 2 aromatic rings. The summed E-state index contributed by atoms with van der Waals surface area (Å²) in [6.07, 6.45) is -1.90. The summed E-state index contributed by atoms with van der Waals surface area (Å²) in [6.45, 7) is 6.63. The number of amides is 2. The van der Waals surface area contributed by atoms with Crippen LogP contribution < -0.4 is 20.9 Å². The molecule has 0 bridgehead atoms. The summed E-state index contributed by atoms with van der Waals surface area (Å²) >= 11 is 6.76. The van der Waals surface area contributed by atoms with Crippen molar-refractivity contribution in [1.82, 2.24) is 9.63 Å². The number of nitrogens with zero attached hydrogens (tertiary/aromatic N) is 2. The van der Waals surface area contributed by atoms with Crippen molar-refractivity contribution in [2.75, 3.05) is 13.7 Å². The first-order valence-corrected chi connectivity index (χ1v) is 9.70. The highest BCUT2D eigenvalue weighted by Gasteiger charge is 2.44. The van der Waals surface area contributed by atoms with Gasteiger partial charge in [-0.25, -0.2) is 9.59 Å². The van der Waals surface area contributed by atoms with Crippen molar-refractivity contribution in [1.29, 1.82) is 0 Å². The predicted molar refractivity (Wildman–Crippen MR) is 111 cm³/mol. The van der Waals surface area contributed by atoms with E-state index in [2.05, 4.69) is 0 Å². The van der Waals surface area contributed by atoms with Gasteiger partial charge in [0.1, 0.15) is 10.9 Å². The van der Waals surface area contributed by atoms with Gasteiger partial charge in [0.2, 0.25) is 0 Å². The van der Waals surface area contributed by atoms with Crippen LogP contribution in [0.4, 0.5) is 9.59 Å². The van der Waals surface area contributed by atoms with Crippen molar-refractivity contribution in [2.45, 2.75) is 33.4 Å². The lowest BCUT2D eigenvalue weighted by Gasteiger charge is -2.42. The van der Waals surface area contributed by atoms with Crippen molar-refractivity contribution in [3.05, 3.63) is 35.1 Å². The number of fused-ring (bicyclic) bond motifs is 1. The van der Waals surface area contributed by atoms with Gasteiger partial charge in [0.15, 0.2) is 5.75 Å². The van der Waals surface area contributed by atoms with Gasteiger partial charge in [-0.3, -0.25) is 0 Å². The fraction of sp³-hybridized carbons (Fsp3) is 0.400. The minimum absolute atomic E-state index is 0.218. The van der Waals surface area contributed by atoms with E-state index in [1.807, 2.05) is 37.5 Å². The smallest absolute Gasteiger partial charge is 0.423 e. The molecule has 3 rings (SSSR count). The van der Waals surface area contributed by atoms with Gasteiger partial charge >= 0.3 is 12.2 Å². The van der Waals surface area contributed by atoms with Crippen molar-refractivity contribution in [3.8, 4) is 22.6 Å². The molecule has 0 fully saturated rings. The minimum Gasteiger partial charge on any atom is -0.497 e. The summed E-state index contributed by atoms with van der Waals surface area (Å²) < 4.78 is 12.5. The number of aromatic nitrogens is 1. The van der Waals surface area contributed by atoms with Gasteiger partial charge in [-0.2, -0.15) is 0 Å². The highest BCUT2D eigenvalue weighted by atomic mass is 35.5. The van der Waals surface area contributed by atoms with Gasteiger partial charge in [-0.1, -0.05) is 44.5 Å². The Labute approximate surface area is 179 Å². The number of nitrogens with two attached hydrogens (primary N) is 2. The van der Waals surface area contributed by atoms with Gasteiger partial charge in [0.05, 0.1) is 31.0 Å². The minimum atomic E-state index is -0.976. The first-order valence-electron chi connectivity index (χ1n) is 9.32. The largest absolute Gasteiger partial charge is 0.497 e. The van der Waals surface area contributed by atoms with Crippen LogP contribution in [0.3, 0.4) is 0 Å². The van der Waals surface area contributed by atoms with Gasteiger partial charge in [0.25, 0.3) is 0 Å². The number of benzene rings is 1. The molecule has 162 valence electrons. The van der Waals surface area contributed by atoms with Gasteiger partial charge < -0.3 is 30.3 Å². The van der Waals surface area contributed by atoms with Crippen LogP contribution in [0.25, 0.3) is 11.1 Å². The molecule has 0 aliphatic carbocycles. The maximum Gasteiger partial charge on any atom is 0.423 e.